The summed E-state index contributed by atoms with van der Waals surface area (Å²) in [5.41, 5.74) is 1.04. The first kappa shape index (κ1) is 13.5. The third kappa shape index (κ3) is 3.77. The van der Waals surface area contributed by atoms with Gasteiger partial charge >= 0.3 is 0 Å². The first-order valence-corrected chi connectivity index (χ1v) is 6.14. The molecule has 0 aliphatic carbocycles. The van der Waals surface area contributed by atoms with Crippen molar-refractivity contribution in [2.75, 3.05) is 13.2 Å². The lowest BCUT2D eigenvalue weighted by atomic mass is 10.2. The van der Waals surface area contributed by atoms with Crippen molar-refractivity contribution < 1.29 is 18.6 Å². The molecule has 3 nitrogen and oxygen atoms in total. The van der Waals surface area contributed by atoms with Gasteiger partial charge in [0.2, 0.25) is 0 Å². The Labute approximate surface area is 107 Å². The minimum absolute atomic E-state index is 0.0268. The van der Waals surface area contributed by atoms with E-state index in [1.807, 2.05) is 30.3 Å². The molecule has 0 aromatic heterocycles. The molecule has 2 atom stereocenters. The highest BCUT2D eigenvalue weighted by molar-refractivity contribution is 5.13. The van der Waals surface area contributed by atoms with Crippen LogP contribution in [0.15, 0.2) is 30.3 Å². The zero-order valence-corrected chi connectivity index (χ0v) is 10.8. The Kier molecular flexibility index (Phi) is 4.32. The maximum Gasteiger partial charge on any atom is 0.163 e. The summed E-state index contributed by atoms with van der Waals surface area (Å²) < 4.78 is 29.9. The van der Waals surface area contributed by atoms with Crippen LogP contribution in [0.5, 0.6) is 0 Å². The van der Waals surface area contributed by atoms with Crippen molar-refractivity contribution in [3.63, 3.8) is 0 Å². The van der Waals surface area contributed by atoms with Gasteiger partial charge in [-0.05, 0) is 19.4 Å². The second-order valence-corrected chi connectivity index (χ2v) is 4.88. The van der Waals surface area contributed by atoms with Crippen LogP contribution in [0, 0.1) is 0 Å². The van der Waals surface area contributed by atoms with Gasteiger partial charge in [0, 0.05) is 0 Å². The predicted molar refractivity (Wildman–Crippen MR) is 65.9 cm³/mol. The van der Waals surface area contributed by atoms with Crippen LogP contribution in [-0.2, 0) is 20.8 Å². The summed E-state index contributed by atoms with van der Waals surface area (Å²) >= 11 is 0. The van der Waals surface area contributed by atoms with E-state index >= 15 is 0 Å². The summed E-state index contributed by atoms with van der Waals surface area (Å²) in [4.78, 5) is 0. The largest absolute Gasteiger partial charge is 0.374 e. The fourth-order valence-corrected chi connectivity index (χ4v) is 1.86. The van der Waals surface area contributed by atoms with Gasteiger partial charge in [0.1, 0.15) is 6.10 Å². The van der Waals surface area contributed by atoms with Gasteiger partial charge in [0.25, 0.3) is 0 Å². The second kappa shape index (κ2) is 5.78. The maximum absolute atomic E-state index is 13.8. The predicted octanol–water partition coefficient (Wildman–Crippen LogP) is 2.69. The Bertz CT molecular complexity index is 367. The first-order valence-electron chi connectivity index (χ1n) is 6.14. The molecular formula is C14H19FO3. The van der Waals surface area contributed by atoms with Crippen LogP contribution in [-0.4, -0.2) is 31.3 Å². The van der Waals surface area contributed by atoms with Crippen LogP contribution < -0.4 is 0 Å². The quantitative estimate of drug-likeness (QED) is 0.808. The van der Waals surface area contributed by atoms with Crippen molar-refractivity contribution in [2.24, 2.45) is 0 Å². The molecule has 1 heterocycles. The zero-order chi connectivity index (χ0) is 13.0. The van der Waals surface area contributed by atoms with E-state index in [2.05, 4.69) is 0 Å². The molecule has 1 aromatic rings. The minimum atomic E-state index is -1.16. The van der Waals surface area contributed by atoms with Crippen LogP contribution in [0.1, 0.15) is 19.4 Å². The zero-order valence-electron chi connectivity index (χ0n) is 10.8. The number of hydrogen-bond donors (Lipinski definition) is 0. The Morgan fingerprint density at radius 2 is 2.11 bits per heavy atom. The summed E-state index contributed by atoms with van der Waals surface area (Å²) in [5, 5.41) is 0. The van der Waals surface area contributed by atoms with Gasteiger partial charge in [-0.1, -0.05) is 30.3 Å². The fourth-order valence-electron chi connectivity index (χ4n) is 1.86. The van der Waals surface area contributed by atoms with Crippen LogP contribution in [0.2, 0.25) is 0 Å². The standard InChI is InChI=1S/C14H19FO3/c1-14(2)17-10-13(18-14)12(15)9-16-8-11-6-4-3-5-7-11/h3-7,12-13H,8-10H2,1-2H3/t12-,13+/m1/s1. The van der Waals surface area contributed by atoms with Crippen molar-refractivity contribution in [3.05, 3.63) is 35.9 Å². The van der Waals surface area contributed by atoms with Gasteiger partial charge in [-0.3, -0.25) is 0 Å². The second-order valence-electron chi connectivity index (χ2n) is 4.88. The lowest BCUT2D eigenvalue weighted by molar-refractivity contribution is -0.149. The molecule has 2 rings (SSSR count). The van der Waals surface area contributed by atoms with E-state index in [9.17, 15) is 4.39 Å². The molecule has 0 N–H and O–H groups in total. The normalized spacial score (nSPS) is 24.1. The Morgan fingerprint density at radius 1 is 1.39 bits per heavy atom. The van der Waals surface area contributed by atoms with E-state index in [-0.39, 0.29) is 13.2 Å². The summed E-state index contributed by atoms with van der Waals surface area (Å²) in [6.45, 7) is 4.29. The average Bonchev–Trinajstić information content (AvgIpc) is 2.71. The Balaban J connectivity index is 1.71. The maximum atomic E-state index is 13.8. The fraction of sp³-hybridized carbons (Fsp3) is 0.571. The van der Waals surface area contributed by atoms with Crippen LogP contribution >= 0.6 is 0 Å². The van der Waals surface area contributed by atoms with E-state index in [4.69, 9.17) is 14.2 Å². The topological polar surface area (TPSA) is 27.7 Å². The third-order valence-electron chi connectivity index (χ3n) is 2.82. The van der Waals surface area contributed by atoms with Gasteiger partial charge in [-0.2, -0.15) is 0 Å². The molecular weight excluding hydrogens is 235 g/mol. The molecule has 0 unspecified atom stereocenters. The van der Waals surface area contributed by atoms with E-state index in [1.165, 1.54) is 0 Å². The number of alkyl halides is 1. The van der Waals surface area contributed by atoms with Gasteiger partial charge in [0.15, 0.2) is 12.0 Å². The summed E-state index contributed by atoms with van der Waals surface area (Å²) in [6.07, 6.45) is -1.69. The van der Waals surface area contributed by atoms with Crippen LogP contribution in [0.4, 0.5) is 4.39 Å². The van der Waals surface area contributed by atoms with Crippen molar-refractivity contribution in [1.29, 1.82) is 0 Å². The molecule has 0 spiro atoms. The van der Waals surface area contributed by atoms with Crippen molar-refractivity contribution in [3.8, 4) is 0 Å². The lowest BCUT2D eigenvalue weighted by Gasteiger charge is -2.19. The molecule has 1 aliphatic heterocycles. The monoisotopic (exact) mass is 254 g/mol. The van der Waals surface area contributed by atoms with E-state index in [0.717, 1.165) is 5.56 Å². The number of ether oxygens (including phenoxy) is 3. The molecule has 0 bridgehead atoms. The third-order valence-corrected chi connectivity index (χ3v) is 2.82. The molecule has 0 saturated carbocycles. The number of rotatable bonds is 5. The lowest BCUT2D eigenvalue weighted by Crippen LogP contribution is -2.31. The highest BCUT2D eigenvalue weighted by atomic mass is 19.1. The number of halogens is 1. The molecule has 1 aliphatic rings. The molecule has 0 radical (unpaired) electrons. The van der Waals surface area contributed by atoms with Gasteiger partial charge in [-0.15, -0.1) is 0 Å². The van der Waals surface area contributed by atoms with E-state index in [0.29, 0.717) is 6.61 Å². The SMILES string of the molecule is CC1(C)OC[C@@H]([C@H](F)COCc2ccccc2)O1. The Hall–Kier alpha value is -0.970. The van der Waals surface area contributed by atoms with Crippen LogP contribution in [0.25, 0.3) is 0 Å². The molecule has 4 heteroatoms. The van der Waals surface area contributed by atoms with Crippen molar-refractivity contribution in [1.82, 2.24) is 0 Å². The molecule has 0 amide bonds. The molecule has 100 valence electrons. The van der Waals surface area contributed by atoms with Crippen molar-refractivity contribution in [2.45, 2.75) is 38.5 Å². The first-order chi connectivity index (χ1) is 8.57. The van der Waals surface area contributed by atoms with Gasteiger partial charge < -0.3 is 14.2 Å². The van der Waals surface area contributed by atoms with Gasteiger partial charge in [-0.25, -0.2) is 4.39 Å². The average molecular weight is 254 g/mol. The van der Waals surface area contributed by atoms with Crippen molar-refractivity contribution >= 4 is 0 Å². The Morgan fingerprint density at radius 3 is 2.72 bits per heavy atom. The highest BCUT2D eigenvalue weighted by Crippen LogP contribution is 2.25. The highest BCUT2D eigenvalue weighted by Gasteiger charge is 2.37. The molecule has 18 heavy (non-hydrogen) atoms. The molecule has 1 aromatic carbocycles. The summed E-state index contributed by atoms with van der Waals surface area (Å²) in [5.74, 6) is -0.686. The number of hydrogen-bond acceptors (Lipinski definition) is 3. The molecule has 1 saturated heterocycles. The van der Waals surface area contributed by atoms with Gasteiger partial charge in [0.05, 0.1) is 19.8 Å². The molecule has 1 fully saturated rings. The minimum Gasteiger partial charge on any atom is -0.374 e. The van der Waals surface area contributed by atoms with E-state index < -0.39 is 18.1 Å². The van der Waals surface area contributed by atoms with Crippen LogP contribution in [0.3, 0.4) is 0 Å². The summed E-state index contributed by atoms with van der Waals surface area (Å²) in [6, 6.07) is 9.70. The van der Waals surface area contributed by atoms with E-state index in [1.54, 1.807) is 13.8 Å². The number of benzene rings is 1. The smallest absolute Gasteiger partial charge is 0.163 e. The summed E-state index contributed by atoms with van der Waals surface area (Å²) in [7, 11) is 0.